The molecule has 0 saturated heterocycles. The average molecular weight is 580 g/mol. The minimum absolute atomic E-state index is 0.288. The summed E-state index contributed by atoms with van der Waals surface area (Å²) in [6.07, 6.45) is 1.39. The number of benzene rings is 4. The molecule has 1 N–H and O–H groups in total. The van der Waals surface area contributed by atoms with Crippen LogP contribution in [0.1, 0.15) is 4.88 Å². The molecule has 200 valence electrons. The van der Waals surface area contributed by atoms with E-state index in [-0.39, 0.29) is 5.57 Å². The molecule has 5 nitrogen and oxygen atoms in total. The molecule has 0 saturated carbocycles. The van der Waals surface area contributed by atoms with E-state index in [1.165, 1.54) is 39.2 Å². The van der Waals surface area contributed by atoms with E-state index in [2.05, 4.69) is 95.6 Å². The number of carboxylic acids is 1. The van der Waals surface area contributed by atoms with Crippen LogP contribution in [0.5, 0.6) is 0 Å². The molecule has 0 radical (unpaired) electrons. The molecule has 3 heterocycles. The quantitative estimate of drug-likeness (QED) is 0.157. The fraction of sp³-hybridized carbons (Fsp3) is 0. The summed E-state index contributed by atoms with van der Waals surface area (Å²) >= 11 is 2.95. The van der Waals surface area contributed by atoms with E-state index in [0.717, 1.165) is 38.0 Å². The molecule has 7 heteroatoms. The van der Waals surface area contributed by atoms with Gasteiger partial charge in [0.2, 0.25) is 0 Å². The van der Waals surface area contributed by atoms with Gasteiger partial charge in [0.1, 0.15) is 16.6 Å². The Morgan fingerprint density at radius 1 is 0.810 bits per heavy atom. The Balaban J connectivity index is 1.19. The highest BCUT2D eigenvalue weighted by Crippen LogP contribution is 2.37. The third-order valence-electron chi connectivity index (χ3n) is 7.18. The van der Waals surface area contributed by atoms with Crippen LogP contribution in [-0.2, 0) is 4.79 Å². The number of hydrogen-bond acceptors (Lipinski definition) is 5. The molecule has 0 fully saturated rings. The largest absolute Gasteiger partial charge is 0.477 e. The zero-order valence-corrected chi connectivity index (χ0v) is 23.7. The number of fused-ring (bicyclic) bond motifs is 3. The molecule has 0 aliphatic heterocycles. The summed E-state index contributed by atoms with van der Waals surface area (Å²) < 4.78 is 2.32. The number of rotatable bonds is 6. The molecule has 0 unspecified atom stereocenters. The zero-order valence-electron chi connectivity index (χ0n) is 22.1. The van der Waals surface area contributed by atoms with Crippen LogP contribution in [0.2, 0.25) is 0 Å². The van der Waals surface area contributed by atoms with E-state index in [1.54, 1.807) is 17.4 Å². The van der Waals surface area contributed by atoms with Gasteiger partial charge in [-0.3, -0.25) is 0 Å². The Kier molecular flexibility index (Phi) is 6.48. The second-order valence-electron chi connectivity index (χ2n) is 9.71. The van der Waals surface area contributed by atoms with E-state index < -0.39 is 5.97 Å². The maximum Gasteiger partial charge on any atom is 0.346 e. The van der Waals surface area contributed by atoms with Crippen LogP contribution in [0.15, 0.2) is 120 Å². The van der Waals surface area contributed by atoms with Gasteiger partial charge in [0.15, 0.2) is 0 Å². The van der Waals surface area contributed by atoms with Crippen molar-refractivity contribution in [3.63, 3.8) is 0 Å². The maximum absolute atomic E-state index is 11.2. The summed E-state index contributed by atoms with van der Waals surface area (Å²) in [6.45, 7) is 0. The molecule has 42 heavy (non-hydrogen) atoms. The Labute approximate surface area is 249 Å². The average Bonchev–Trinajstić information content (AvgIpc) is 3.78. The third kappa shape index (κ3) is 4.59. The highest BCUT2D eigenvalue weighted by molar-refractivity contribution is 7.21. The molecule has 0 aliphatic rings. The molecule has 0 amide bonds. The smallest absolute Gasteiger partial charge is 0.346 e. The normalized spacial score (nSPS) is 11.6. The van der Waals surface area contributed by atoms with Crippen molar-refractivity contribution in [2.45, 2.75) is 0 Å². The Morgan fingerprint density at radius 2 is 1.52 bits per heavy atom. The van der Waals surface area contributed by atoms with Gasteiger partial charge in [-0.15, -0.1) is 22.7 Å². The summed E-state index contributed by atoms with van der Waals surface area (Å²) in [6, 6.07) is 39.6. The standard InChI is InChI=1S/C35H21N3O2S2/c36-20-25(35(39)40)18-27-15-17-33(42-27)34-37-30(21-41-34)23-12-10-22(11-13-23)24-14-16-32-29(19-24)28-8-4-5-9-31(28)38(32)26-6-2-1-3-7-26/h1-19,21H,(H,39,40)/b25-18+. The van der Waals surface area contributed by atoms with Crippen molar-refractivity contribution in [3.05, 3.63) is 125 Å². The van der Waals surface area contributed by atoms with E-state index in [1.807, 2.05) is 23.6 Å². The number of thiophene rings is 1. The van der Waals surface area contributed by atoms with Gasteiger partial charge in [-0.05, 0) is 59.7 Å². The number of aromatic nitrogens is 2. The van der Waals surface area contributed by atoms with E-state index in [9.17, 15) is 4.79 Å². The Bertz CT molecular complexity index is 2180. The van der Waals surface area contributed by atoms with Crippen molar-refractivity contribution in [1.29, 1.82) is 5.26 Å². The van der Waals surface area contributed by atoms with E-state index in [4.69, 9.17) is 15.4 Å². The van der Waals surface area contributed by atoms with Crippen molar-refractivity contribution in [3.8, 4) is 44.0 Å². The number of carbonyl (C=O) groups is 1. The fourth-order valence-electron chi connectivity index (χ4n) is 5.19. The van der Waals surface area contributed by atoms with E-state index in [0.29, 0.717) is 4.88 Å². The summed E-state index contributed by atoms with van der Waals surface area (Å²) in [5, 5.41) is 23.5. The Morgan fingerprint density at radius 3 is 2.31 bits per heavy atom. The van der Waals surface area contributed by atoms with Crippen molar-refractivity contribution in [1.82, 2.24) is 9.55 Å². The highest BCUT2D eigenvalue weighted by atomic mass is 32.1. The molecule has 0 aliphatic carbocycles. The van der Waals surface area contributed by atoms with Gasteiger partial charge >= 0.3 is 5.97 Å². The number of nitrogens with zero attached hydrogens (tertiary/aromatic N) is 3. The molecule has 0 atom stereocenters. The first-order valence-corrected chi connectivity index (χ1v) is 14.9. The first-order chi connectivity index (χ1) is 20.6. The first-order valence-electron chi connectivity index (χ1n) is 13.2. The summed E-state index contributed by atoms with van der Waals surface area (Å²) in [5.74, 6) is -1.23. The topological polar surface area (TPSA) is 78.9 Å². The number of hydrogen-bond donors (Lipinski definition) is 1. The molecule has 0 spiro atoms. The summed E-state index contributed by atoms with van der Waals surface area (Å²) in [7, 11) is 0. The highest BCUT2D eigenvalue weighted by Gasteiger charge is 2.14. The van der Waals surface area contributed by atoms with Crippen LogP contribution in [0.25, 0.3) is 65.8 Å². The molecule has 7 rings (SSSR count). The number of carboxylic acid groups (broad SMARTS) is 1. The van der Waals surface area contributed by atoms with Crippen molar-refractivity contribution < 1.29 is 9.90 Å². The molecule has 3 aromatic heterocycles. The molecule has 4 aromatic carbocycles. The Hall–Kier alpha value is -5.29. The van der Waals surface area contributed by atoms with Gasteiger partial charge < -0.3 is 9.67 Å². The minimum Gasteiger partial charge on any atom is -0.477 e. The number of thiazole rings is 1. The predicted molar refractivity (Wildman–Crippen MR) is 172 cm³/mol. The molecular weight excluding hydrogens is 559 g/mol. The SMILES string of the molecule is N#C/C(=C\c1ccc(-c2nc(-c3ccc(-c4ccc5c(c4)c4ccccc4n5-c4ccccc4)cc3)cs2)s1)C(=O)O. The van der Waals surface area contributed by atoms with Crippen LogP contribution in [0, 0.1) is 11.3 Å². The van der Waals surface area contributed by atoms with Crippen LogP contribution >= 0.6 is 22.7 Å². The monoisotopic (exact) mass is 579 g/mol. The second kappa shape index (κ2) is 10.6. The van der Waals surface area contributed by atoms with Crippen molar-refractivity contribution in [2.24, 2.45) is 0 Å². The second-order valence-corrected chi connectivity index (χ2v) is 11.7. The molecule has 7 aromatic rings. The minimum atomic E-state index is -1.23. The molecular formula is C35H21N3O2S2. The lowest BCUT2D eigenvalue weighted by molar-refractivity contribution is -0.132. The molecule has 0 bridgehead atoms. The predicted octanol–water partition coefficient (Wildman–Crippen LogP) is 9.29. The fourth-order valence-corrected chi connectivity index (χ4v) is 7.04. The van der Waals surface area contributed by atoms with Gasteiger partial charge in [0.05, 0.1) is 21.6 Å². The van der Waals surface area contributed by atoms with Crippen LogP contribution < -0.4 is 0 Å². The van der Waals surface area contributed by atoms with Crippen LogP contribution in [0.3, 0.4) is 0 Å². The first kappa shape index (κ1) is 25.7. The maximum atomic E-state index is 11.2. The zero-order chi connectivity index (χ0) is 28.6. The van der Waals surface area contributed by atoms with Gasteiger partial charge in [-0.25, -0.2) is 9.78 Å². The lowest BCUT2D eigenvalue weighted by Gasteiger charge is -2.08. The van der Waals surface area contributed by atoms with Crippen molar-refractivity contribution >= 4 is 56.5 Å². The number of para-hydroxylation sites is 2. The summed E-state index contributed by atoms with van der Waals surface area (Å²) in [4.78, 5) is 17.6. The van der Waals surface area contributed by atoms with E-state index >= 15 is 0 Å². The number of nitriles is 1. The van der Waals surface area contributed by atoms with Gasteiger partial charge in [0.25, 0.3) is 0 Å². The van der Waals surface area contributed by atoms with Gasteiger partial charge in [-0.2, -0.15) is 5.26 Å². The summed E-state index contributed by atoms with van der Waals surface area (Å²) in [5.41, 5.74) is 7.42. The van der Waals surface area contributed by atoms with Crippen molar-refractivity contribution in [2.75, 3.05) is 0 Å². The van der Waals surface area contributed by atoms with Crippen LogP contribution in [-0.4, -0.2) is 20.6 Å². The third-order valence-corrected chi connectivity index (χ3v) is 9.22. The lowest BCUT2D eigenvalue weighted by Crippen LogP contribution is -1.96. The van der Waals surface area contributed by atoms with Gasteiger partial charge in [0, 0.05) is 32.3 Å². The van der Waals surface area contributed by atoms with Crippen LogP contribution in [0.4, 0.5) is 0 Å². The van der Waals surface area contributed by atoms with Gasteiger partial charge in [-0.1, -0.05) is 66.7 Å². The number of aliphatic carboxylic acids is 1. The lowest BCUT2D eigenvalue weighted by atomic mass is 10.0.